The molecule has 6 heteroatoms. The first-order valence-electron chi connectivity index (χ1n) is 7.36. The van der Waals surface area contributed by atoms with E-state index < -0.39 is 15.1 Å². The number of ether oxygens (including phenoxy) is 1. The molecule has 1 saturated heterocycles. The Bertz CT molecular complexity index is 638. The van der Waals surface area contributed by atoms with Gasteiger partial charge in [0.2, 0.25) is 0 Å². The average Bonchev–Trinajstić information content (AvgIpc) is 2.89. The van der Waals surface area contributed by atoms with Crippen LogP contribution in [-0.4, -0.2) is 25.9 Å². The van der Waals surface area contributed by atoms with Crippen LogP contribution in [0, 0.1) is 0 Å². The van der Waals surface area contributed by atoms with Crippen molar-refractivity contribution >= 4 is 27.1 Å². The second-order valence-corrected chi connectivity index (χ2v) is 8.71. The Hall–Kier alpha value is -0.780. The lowest BCUT2D eigenvalue weighted by Crippen LogP contribution is -2.42. The van der Waals surface area contributed by atoms with Gasteiger partial charge in [-0.25, -0.2) is 8.42 Å². The van der Waals surface area contributed by atoms with Crippen LogP contribution in [0.2, 0.25) is 5.02 Å². The third-order valence-corrected chi connectivity index (χ3v) is 7.17. The monoisotopic (exact) mass is 329 g/mol. The predicted molar refractivity (Wildman–Crippen MR) is 83.2 cm³/mol. The number of rotatable bonds is 2. The maximum absolute atomic E-state index is 12.9. The number of nitrogens with two attached hydrogens (primary N) is 1. The van der Waals surface area contributed by atoms with Crippen LogP contribution in [0.15, 0.2) is 23.1 Å². The molecule has 1 spiro atoms. The van der Waals surface area contributed by atoms with Gasteiger partial charge >= 0.3 is 0 Å². The lowest BCUT2D eigenvalue weighted by atomic mass is 9.92. The molecule has 0 radical (unpaired) electrons. The van der Waals surface area contributed by atoms with Gasteiger partial charge in [0.15, 0.2) is 9.84 Å². The molecule has 4 nitrogen and oxygen atoms in total. The topological polar surface area (TPSA) is 69.4 Å². The molecule has 0 amide bonds. The number of hydrogen-bond donors (Lipinski definition) is 1. The number of anilines is 1. The van der Waals surface area contributed by atoms with Gasteiger partial charge in [-0.1, -0.05) is 24.4 Å². The largest absolute Gasteiger partial charge is 0.398 e. The van der Waals surface area contributed by atoms with Crippen molar-refractivity contribution in [1.82, 2.24) is 0 Å². The molecule has 1 heterocycles. The molecule has 2 N–H and O–H groups in total. The Kier molecular flexibility index (Phi) is 3.93. The zero-order valence-electron chi connectivity index (χ0n) is 11.8. The molecule has 1 aliphatic heterocycles. The molecule has 1 aliphatic carbocycles. The SMILES string of the molecule is Nc1ccc(Cl)cc1S(=O)(=O)C1CCOC2(CCCC2)C1. The highest BCUT2D eigenvalue weighted by Crippen LogP contribution is 2.43. The van der Waals surface area contributed by atoms with E-state index in [4.69, 9.17) is 22.1 Å². The lowest BCUT2D eigenvalue weighted by molar-refractivity contribution is -0.0713. The van der Waals surface area contributed by atoms with Crippen molar-refractivity contribution in [3.05, 3.63) is 23.2 Å². The van der Waals surface area contributed by atoms with Crippen LogP contribution < -0.4 is 5.73 Å². The molecule has 1 atom stereocenters. The summed E-state index contributed by atoms with van der Waals surface area (Å²) in [7, 11) is -3.47. The summed E-state index contributed by atoms with van der Waals surface area (Å²) >= 11 is 5.94. The Balaban J connectivity index is 1.92. The fraction of sp³-hybridized carbons (Fsp3) is 0.600. The van der Waals surface area contributed by atoms with E-state index >= 15 is 0 Å². The quantitative estimate of drug-likeness (QED) is 0.846. The van der Waals surface area contributed by atoms with Gasteiger partial charge in [0.25, 0.3) is 0 Å². The summed E-state index contributed by atoms with van der Waals surface area (Å²) in [6, 6.07) is 4.63. The highest BCUT2D eigenvalue weighted by molar-refractivity contribution is 7.92. The van der Waals surface area contributed by atoms with Crippen LogP contribution in [0.5, 0.6) is 0 Å². The van der Waals surface area contributed by atoms with Gasteiger partial charge in [0.1, 0.15) is 0 Å². The minimum Gasteiger partial charge on any atom is -0.398 e. The van der Waals surface area contributed by atoms with E-state index in [1.807, 2.05) is 0 Å². The summed E-state index contributed by atoms with van der Waals surface area (Å²) in [5.74, 6) is 0. The van der Waals surface area contributed by atoms with E-state index in [2.05, 4.69) is 0 Å². The minimum absolute atomic E-state index is 0.162. The standard InChI is InChI=1S/C15H20ClNO3S/c16-11-3-4-13(17)14(9-11)21(18,19)12-5-8-20-15(10-12)6-1-2-7-15/h3-4,9,12H,1-2,5-8,10,17H2. The van der Waals surface area contributed by atoms with E-state index in [9.17, 15) is 8.42 Å². The van der Waals surface area contributed by atoms with Gasteiger partial charge in [-0.2, -0.15) is 0 Å². The first kappa shape index (κ1) is 15.1. The molecular formula is C15H20ClNO3S. The van der Waals surface area contributed by atoms with Crippen molar-refractivity contribution in [3.63, 3.8) is 0 Å². The Morgan fingerprint density at radius 1 is 1.29 bits per heavy atom. The molecule has 21 heavy (non-hydrogen) atoms. The fourth-order valence-electron chi connectivity index (χ4n) is 3.55. The third-order valence-electron chi connectivity index (χ3n) is 4.68. The van der Waals surface area contributed by atoms with Gasteiger partial charge < -0.3 is 10.5 Å². The van der Waals surface area contributed by atoms with Gasteiger partial charge in [-0.15, -0.1) is 0 Å². The first-order valence-corrected chi connectivity index (χ1v) is 9.28. The second kappa shape index (κ2) is 5.45. The van der Waals surface area contributed by atoms with E-state index in [0.29, 0.717) is 24.5 Å². The summed E-state index contributed by atoms with van der Waals surface area (Å²) in [5, 5.41) is -0.0319. The molecule has 1 saturated carbocycles. The second-order valence-electron chi connectivity index (χ2n) is 6.08. The lowest BCUT2D eigenvalue weighted by Gasteiger charge is -2.38. The number of halogens is 1. The van der Waals surface area contributed by atoms with Crippen molar-refractivity contribution in [2.75, 3.05) is 12.3 Å². The summed E-state index contributed by atoms with van der Waals surface area (Å²) in [4.78, 5) is 0.162. The molecule has 2 aliphatic rings. The van der Waals surface area contributed by atoms with E-state index in [0.717, 1.165) is 25.7 Å². The number of hydrogen-bond acceptors (Lipinski definition) is 4. The molecule has 1 aromatic carbocycles. The molecule has 0 aromatic heterocycles. The molecule has 3 rings (SSSR count). The molecule has 0 bridgehead atoms. The van der Waals surface area contributed by atoms with Crippen LogP contribution in [0.1, 0.15) is 38.5 Å². The van der Waals surface area contributed by atoms with E-state index in [-0.39, 0.29) is 16.2 Å². The van der Waals surface area contributed by atoms with Crippen LogP contribution >= 0.6 is 11.6 Å². The van der Waals surface area contributed by atoms with Gasteiger partial charge in [0, 0.05) is 11.6 Å². The molecule has 116 valence electrons. The number of nitrogen functional groups attached to an aromatic ring is 1. The number of benzene rings is 1. The minimum atomic E-state index is -3.47. The highest BCUT2D eigenvalue weighted by Gasteiger charge is 2.44. The van der Waals surface area contributed by atoms with Crippen LogP contribution in [0.25, 0.3) is 0 Å². The van der Waals surface area contributed by atoms with Gasteiger partial charge in [-0.3, -0.25) is 0 Å². The Labute approximate surface area is 130 Å². The molecule has 1 unspecified atom stereocenters. The highest BCUT2D eigenvalue weighted by atomic mass is 35.5. The van der Waals surface area contributed by atoms with Crippen molar-refractivity contribution < 1.29 is 13.2 Å². The third kappa shape index (κ3) is 2.79. The van der Waals surface area contributed by atoms with Crippen molar-refractivity contribution in [2.24, 2.45) is 0 Å². The normalized spacial score (nSPS) is 25.3. The zero-order chi connectivity index (χ0) is 15.1. The van der Waals surface area contributed by atoms with Crippen LogP contribution in [0.4, 0.5) is 5.69 Å². The van der Waals surface area contributed by atoms with Gasteiger partial charge in [-0.05, 0) is 43.9 Å². The van der Waals surface area contributed by atoms with Crippen molar-refractivity contribution in [3.8, 4) is 0 Å². The molecule has 2 fully saturated rings. The average molecular weight is 330 g/mol. The smallest absolute Gasteiger partial charge is 0.183 e. The van der Waals surface area contributed by atoms with Crippen molar-refractivity contribution in [2.45, 2.75) is 54.3 Å². The van der Waals surface area contributed by atoms with Crippen molar-refractivity contribution in [1.29, 1.82) is 0 Å². The van der Waals surface area contributed by atoms with E-state index in [1.54, 1.807) is 12.1 Å². The molecular weight excluding hydrogens is 310 g/mol. The Morgan fingerprint density at radius 2 is 2.00 bits per heavy atom. The first-order chi connectivity index (χ1) is 9.93. The summed E-state index contributed by atoms with van der Waals surface area (Å²) in [5.41, 5.74) is 5.90. The summed E-state index contributed by atoms with van der Waals surface area (Å²) in [6.45, 7) is 0.504. The van der Waals surface area contributed by atoms with E-state index in [1.165, 1.54) is 6.07 Å². The van der Waals surface area contributed by atoms with Crippen LogP contribution in [-0.2, 0) is 14.6 Å². The Morgan fingerprint density at radius 3 is 2.71 bits per heavy atom. The molecule has 1 aromatic rings. The maximum Gasteiger partial charge on any atom is 0.183 e. The fourth-order valence-corrected chi connectivity index (χ4v) is 5.76. The summed E-state index contributed by atoms with van der Waals surface area (Å²) < 4.78 is 31.7. The van der Waals surface area contributed by atoms with Crippen LogP contribution in [0.3, 0.4) is 0 Å². The maximum atomic E-state index is 12.9. The van der Waals surface area contributed by atoms with Gasteiger partial charge in [0.05, 0.1) is 21.4 Å². The zero-order valence-corrected chi connectivity index (χ0v) is 13.4. The predicted octanol–water partition coefficient (Wildman–Crippen LogP) is 3.19. The number of sulfone groups is 1. The summed E-state index contributed by atoms with van der Waals surface area (Å²) in [6.07, 6.45) is 5.25.